The van der Waals surface area contributed by atoms with E-state index in [9.17, 15) is 5.11 Å². The smallest absolute Gasteiger partial charge is 0.103 e. The molecule has 5 fully saturated rings. The van der Waals surface area contributed by atoms with Gasteiger partial charge in [-0.3, -0.25) is 0 Å². The Morgan fingerprint density at radius 3 is 2.52 bits per heavy atom. The molecule has 2 heteroatoms. The quantitative estimate of drug-likeness (QED) is 0.525. The number of aliphatic hydroxyl groups is 1. The van der Waals surface area contributed by atoms with Crippen LogP contribution in [0.15, 0.2) is 0 Å². The molecule has 0 bridgehead atoms. The summed E-state index contributed by atoms with van der Waals surface area (Å²) >= 11 is 0. The van der Waals surface area contributed by atoms with Crippen LogP contribution >= 0.6 is 0 Å². The summed E-state index contributed by atoms with van der Waals surface area (Å²) in [5.41, 5.74) is 0.932. The van der Waals surface area contributed by atoms with Gasteiger partial charge < -0.3 is 9.84 Å². The van der Waals surface area contributed by atoms with Crippen molar-refractivity contribution in [3.63, 3.8) is 0 Å². The van der Waals surface area contributed by atoms with Crippen LogP contribution in [0.1, 0.15) is 105 Å². The number of ether oxygens (including phenoxy) is 1. The van der Waals surface area contributed by atoms with E-state index in [-0.39, 0.29) is 11.7 Å². The minimum Gasteiger partial charge on any atom is -0.393 e. The van der Waals surface area contributed by atoms with E-state index in [2.05, 4.69) is 34.6 Å². The molecule has 166 valence electrons. The first-order valence-corrected chi connectivity index (χ1v) is 13.1. The van der Waals surface area contributed by atoms with E-state index in [1.165, 1.54) is 57.8 Å². The fourth-order valence-corrected chi connectivity index (χ4v) is 9.68. The Labute approximate surface area is 179 Å². The van der Waals surface area contributed by atoms with Crippen molar-refractivity contribution in [3.8, 4) is 0 Å². The Morgan fingerprint density at radius 1 is 0.966 bits per heavy atom. The summed E-state index contributed by atoms with van der Waals surface area (Å²) in [7, 11) is 0. The van der Waals surface area contributed by atoms with Crippen molar-refractivity contribution in [3.05, 3.63) is 0 Å². The zero-order valence-electron chi connectivity index (χ0n) is 19.8. The van der Waals surface area contributed by atoms with Crippen LogP contribution in [0.25, 0.3) is 0 Å². The van der Waals surface area contributed by atoms with Gasteiger partial charge in [-0.2, -0.15) is 0 Å². The van der Waals surface area contributed by atoms with Gasteiger partial charge in [-0.05, 0) is 85.9 Å². The second-order valence-electron chi connectivity index (χ2n) is 13.0. The average Bonchev–Trinajstić information content (AvgIpc) is 3.22. The van der Waals surface area contributed by atoms with Crippen LogP contribution in [0, 0.1) is 46.3 Å². The van der Waals surface area contributed by atoms with Crippen molar-refractivity contribution in [2.45, 2.75) is 123 Å². The molecule has 0 aromatic heterocycles. The first kappa shape index (κ1) is 20.8. The van der Waals surface area contributed by atoms with Crippen molar-refractivity contribution in [2.75, 3.05) is 0 Å². The van der Waals surface area contributed by atoms with Crippen molar-refractivity contribution >= 4 is 0 Å². The molecule has 1 spiro atoms. The number of aliphatic hydroxyl groups excluding tert-OH is 1. The normalized spacial score (nSPS) is 54.3. The molecule has 2 nitrogen and oxygen atoms in total. The zero-order chi connectivity index (χ0) is 20.6. The van der Waals surface area contributed by atoms with Crippen LogP contribution in [-0.2, 0) is 4.74 Å². The van der Waals surface area contributed by atoms with Gasteiger partial charge in [-0.1, -0.05) is 53.9 Å². The highest BCUT2D eigenvalue weighted by Gasteiger charge is 2.76. The van der Waals surface area contributed by atoms with Crippen LogP contribution in [0.4, 0.5) is 0 Å². The van der Waals surface area contributed by atoms with Crippen LogP contribution in [0.2, 0.25) is 0 Å². The van der Waals surface area contributed by atoms with Gasteiger partial charge in [0.2, 0.25) is 0 Å². The maximum Gasteiger partial charge on any atom is 0.103 e. The Balaban J connectivity index is 1.33. The lowest BCUT2D eigenvalue weighted by Crippen LogP contribution is -2.58. The average molecular weight is 403 g/mol. The summed E-state index contributed by atoms with van der Waals surface area (Å²) in [6.45, 7) is 12.6. The van der Waals surface area contributed by atoms with Crippen molar-refractivity contribution < 1.29 is 9.84 Å². The number of hydrogen-bond donors (Lipinski definition) is 1. The SMILES string of the molecule is CC(C)CCCC(C)C1CCC2C3C[C@H]4O[C@]45C[C@@H](O)CCC5(C)C3CCC12C. The van der Waals surface area contributed by atoms with E-state index in [1.807, 2.05) is 0 Å². The van der Waals surface area contributed by atoms with Crippen molar-refractivity contribution in [1.29, 1.82) is 0 Å². The molecule has 0 aromatic carbocycles. The molecular weight excluding hydrogens is 356 g/mol. The Kier molecular flexibility index (Phi) is 4.99. The molecule has 1 heterocycles. The molecule has 4 saturated carbocycles. The predicted molar refractivity (Wildman–Crippen MR) is 119 cm³/mol. The molecule has 7 unspecified atom stereocenters. The van der Waals surface area contributed by atoms with Crippen LogP contribution in [0.3, 0.4) is 0 Å². The molecule has 5 aliphatic rings. The van der Waals surface area contributed by atoms with Gasteiger partial charge in [0.25, 0.3) is 0 Å². The second kappa shape index (κ2) is 6.96. The lowest BCUT2D eigenvalue weighted by Gasteiger charge is -2.59. The van der Waals surface area contributed by atoms with E-state index < -0.39 is 0 Å². The van der Waals surface area contributed by atoms with Gasteiger partial charge >= 0.3 is 0 Å². The summed E-state index contributed by atoms with van der Waals surface area (Å²) in [5, 5.41) is 10.4. The predicted octanol–water partition coefficient (Wildman–Crippen LogP) is 6.60. The van der Waals surface area contributed by atoms with Crippen molar-refractivity contribution in [1.82, 2.24) is 0 Å². The molecule has 1 saturated heterocycles. The number of epoxide rings is 1. The minimum atomic E-state index is -0.124. The Bertz CT molecular complexity index is 630. The van der Waals surface area contributed by atoms with Gasteiger partial charge in [0.05, 0.1) is 12.2 Å². The number of hydrogen-bond acceptors (Lipinski definition) is 2. The maximum atomic E-state index is 10.4. The molecule has 0 radical (unpaired) electrons. The van der Waals surface area contributed by atoms with E-state index in [1.54, 1.807) is 0 Å². The summed E-state index contributed by atoms with van der Waals surface area (Å²) in [6, 6.07) is 0. The minimum absolute atomic E-state index is 0.0434. The molecule has 0 amide bonds. The first-order valence-electron chi connectivity index (χ1n) is 13.1. The molecule has 4 aliphatic carbocycles. The Morgan fingerprint density at radius 2 is 1.76 bits per heavy atom. The van der Waals surface area contributed by atoms with E-state index >= 15 is 0 Å². The van der Waals surface area contributed by atoms with Gasteiger partial charge in [-0.15, -0.1) is 0 Å². The zero-order valence-corrected chi connectivity index (χ0v) is 19.8. The molecule has 1 N–H and O–H groups in total. The Hall–Kier alpha value is -0.0800. The van der Waals surface area contributed by atoms with E-state index in [0.29, 0.717) is 16.9 Å². The van der Waals surface area contributed by atoms with Crippen LogP contribution < -0.4 is 0 Å². The number of fused-ring (bicyclic) bond motifs is 4. The second-order valence-corrected chi connectivity index (χ2v) is 13.0. The first-order chi connectivity index (χ1) is 13.7. The monoisotopic (exact) mass is 402 g/mol. The highest BCUT2D eigenvalue weighted by atomic mass is 16.6. The van der Waals surface area contributed by atoms with E-state index in [0.717, 1.165) is 48.3 Å². The number of rotatable bonds is 5. The molecule has 1 aliphatic heterocycles. The van der Waals surface area contributed by atoms with Gasteiger partial charge in [0.1, 0.15) is 5.60 Å². The highest BCUT2D eigenvalue weighted by molar-refractivity contribution is 5.24. The lowest BCUT2D eigenvalue weighted by atomic mass is 9.44. The summed E-state index contributed by atoms with van der Waals surface area (Å²) in [4.78, 5) is 0. The molecule has 29 heavy (non-hydrogen) atoms. The molecule has 0 aromatic rings. The summed E-state index contributed by atoms with van der Waals surface area (Å²) in [5.74, 6) is 5.31. The molecule has 10 atom stereocenters. The third-order valence-electron chi connectivity index (χ3n) is 11.3. The lowest BCUT2D eigenvalue weighted by molar-refractivity contribution is -0.116. The van der Waals surface area contributed by atoms with Crippen molar-refractivity contribution in [2.24, 2.45) is 46.3 Å². The molecule has 5 rings (SSSR count). The van der Waals surface area contributed by atoms with Gasteiger partial charge in [-0.25, -0.2) is 0 Å². The van der Waals surface area contributed by atoms with Crippen LogP contribution in [-0.4, -0.2) is 22.9 Å². The third kappa shape index (κ3) is 2.94. The van der Waals surface area contributed by atoms with Crippen LogP contribution in [0.5, 0.6) is 0 Å². The van der Waals surface area contributed by atoms with E-state index in [4.69, 9.17) is 4.74 Å². The standard InChI is InChI=1S/C27H46O2/c1-17(2)7-6-8-18(3)21-9-10-22-20-15-24-27(29-24)16-19(28)11-14-26(27,5)23(20)12-13-25(21,22)4/h17-24,28H,6-16H2,1-5H3/t18?,19-,20?,21?,22?,23?,24+,25?,26?,27+/m0/s1. The largest absolute Gasteiger partial charge is 0.393 e. The summed E-state index contributed by atoms with van der Waals surface area (Å²) < 4.78 is 6.51. The highest BCUT2D eigenvalue weighted by Crippen LogP contribution is 2.74. The topological polar surface area (TPSA) is 32.8 Å². The molecular formula is C27H46O2. The van der Waals surface area contributed by atoms with Gasteiger partial charge in [0, 0.05) is 11.8 Å². The maximum absolute atomic E-state index is 10.4. The summed E-state index contributed by atoms with van der Waals surface area (Å²) in [6.07, 6.45) is 14.8. The fourth-order valence-electron chi connectivity index (χ4n) is 9.68. The van der Waals surface area contributed by atoms with Gasteiger partial charge in [0.15, 0.2) is 0 Å². The third-order valence-corrected chi connectivity index (χ3v) is 11.3. The fraction of sp³-hybridized carbons (Fsp3) is 1.00.